The number of carboxylic acids is 1. The monoisotopic (exact) mass is 364 g/mol. The van der Waals surface area contributed by atoms with Gasteiger partial charge in [-0.05, 0) is 30.5 Å². The largest absolute Gasteiger partial charge is 0.549 e. The van der Waals surface area contributed by atoms with E-state index in [9.17, 15) is 14.7 Å². The Morgan fingerprint density at radius 3 is 2.33 bits per heavy atom. The number of amides is 1. The minimum atomic E-state index is -1.17. The molecule has 0 bridgehead atoms. The third kappa shape index (κ3) is 2.87. The maximum absolute atomic E-state index is 13.4. The topological polar surface area (TPSA) is 69.7 Å². The van der Waals surface area contributed by atoms with Crippen LogP contribution in [0.4, 0.5) is 0 Å². The highest BCUT2D eigenvalue weighted by Crippen LogP contribution is 2.47. The summed E-state index contributed by atoms with van der Waals surface area (Å²) in [5.74, 6) is -1.63. The van der Waals surface area contributed by atoms with Crippen molar-refractivity contribution >= 4 is 11.9 Å². The Bertz CT molecular complexity index is 872. The Morgan fingerprint density at radius 2 is 1.67 bits per heavy atom. The smallest absolute Gasteiger partial charge is 0.254 e. The van der Waals surface area contributed by atoms with Gasteiger partial charge in [0, 0.05) is 23.1 Å². The van der Waals surface area contributed by atoms with Crippen molar-refractivity contribution in [2.24, 2.45) is 0 Å². The summed E-state index contributed by atoms with van der Waals surface area (Å²) in [7, 11) is 1.56. The molecule has 5 nitrogen and oxygen atoms in total. The van der Waals surface area contributed by atoms with E-state index in [1.807, 2.05) is 18.2 Å². The minimum absolute atomic E-state index is 0.0302. The summed E-state index contributed by atoms with van der Waals surface area (Å²) in [5.41, 5.74) is 1.70. The van der Waals surface area contributed by atoms with Gasteiger partial charge in [0.2, 0.25) is 0 Å². The number of ether oxygens (including phenoxy) is 1. The van der Waals surface area contributed by atoms with Crippen molar-refractivity contribution in [3.8, 4) is 5.75 Å². The van der Waals surface area contributed by atoms with E-state index in [-0.39, 0.29) is 11.9 Å². The third-order valence-electron chi connectivity index (χ3n) is 5.81. The standard InChI is InChI=1S/C22H23NO4/c1-27-18-13-7-6-12-17(18)20-19(22(25)26)15-10-4-5-11-16(15)21(24)23(20)14-8-2-3-9-14/h4-7,10-14,19-20H,2-3,8-9H2,1H3,(H,25,26)/p-1/t19-,20+/m0/s1. The fourth-order valence-electron chi connectivity index (χ4n) is 4.63. The second kappa shape index (κ2) is 7.06. The van der Waals surface area contributed by atoms with Crippen molar-refractivity contribution < 1.29 is 19.4 Å². The first kappa shape index (κ1) is 17.6. The number of aliphatic carboxylic acids is 1. The van der Waals surface area contributed by atoms with Gasteiger partial charge in [0.1, 0.15) is 5.75 Å². The van der Waals surface area contributed by atoms with E-state index < -0.39 is 17.9 Å². The molecule has 1 fully saturated rings. The maximum atomic E-state index is 13.4. The lowest BCUT2D eigenvalue weighted by Crippen LogP contribution is -2.51. The van der Waals surface area contributed by atoms with Gasteiger partial charge in [-0.1, -0.05) is 49.2 Å². The Labute approximate surface area is 158 Å². The van der Waals surface area contributed by atoms with Crippen molar-refractivity contribution in [1.82, 2.24) is 4.90 Å². The normalized spacial score (nSPS) is 22.6. The Hall–Kier alpha value is -2.82. The van der Waals surface area contributed by atoms with Gasteiger partial charge >= 0.3 is 0 Å². The lowest BCUT2D eigenvalue weighted by atomic mass is 9.78. The molecule has 0 spiro atoms. The molecule has 1 saturated carbocycles. The molecule has 0 saturated heterocycles. The molecule has 2 aromatic carbocycles. The number of carboxylic acid groups (broad SMARTS) is 1. The molecule has 140 valence electrons. The quantitative estimate of drug-likeness (QED) is 0.836. The molecule has 1 aliphatic carbocycles. The molecular formula is C22H22NO4-. The van der Waals surface area contributed by atoms with E-state index in [2.05, 4.69) is 0 Å². The van der Waals surface area contributed by atoms with Crippen LogP contribution in [0, 0.1) is 0 Å². The van der Waals surface area contributed by atoms with Crippen LogP contribution < -0.4 is 9.84 Å². The molecule has 0 N–H and O–H groups in total. The van der Waals surface area contributed by atoms with E-state index in [1.54, 1.807) is 42.3 Å². The average Bonchev–Trinajstić information content (AvgIpc) is 3.21. The first-order valence-electron chi connectivity index (χ1n) is 9.39. The zero-order valence-corrected chi connectivity index (χ0v) is 15.3. The van der Waals surface area contributed by atoms with Gasteiger partial charge in [-0.25, -0.2) is 0 Å². The Kier molecular flexibility index (Phi) is 4.60. The molecule has 0 radical (unpaired) electrons. The first-order valence-corrected chi connectivity index (χ1v) is 9.39. The molecule has 27 heavy (non-hydrogen) atoms. The van der Waals surface area contributed by atoms with Gasteiger partial charge in [0.05, 0.1) is 19.1 Å². The van der Waals surface area contributed by atoms with E-state index in [4.69, 9.17) is 4.74 Å². The molecule has 2 aliphatic rings. The number of carbonyl (C=O) groups excluding carboxylic acids is 2. The summed E-state index contributed by atoms with van der Waals surface area (Å²) in [5, 5.41) is 12.3. The minimum Gasteiger partial charge on any atom is -0.549 e. The second-order valence-electron chi connectivity index (χ2n) is 7.22. The van der Waals surface area contributed by atoms with Gasteiger partial charge in [-0.2, -0.15) is 0 Å². The number of nitrogens with zero attached hydrogens (tertiary/aromatic N) is 1. The highest BCUT2D eigenvalue weighted by Gasteiger charge is 2.45. The molecule has 1 heterocycles. The molecule has 1 amide bonds. The number of rotatable bonds is 4. The molecule has 5 heteroatoms. The number of fused-ring (bicyclic) bond motifs is 1. The van der Waals surface area contributed by atoms with Crippen LogP contribution in [0.5, 0.6) is 5.75 Å². The van der Waals surface area contributed by atoms with Crippen molar-refractivity contribution in [3.05, 3.63) is 65.2 Å². The Morgan fingerprint density at radius 1 is 1.04 bits per heavy atom. The van der Waals surface area contributed by atoms with Gasteiger partial charge in [0.15, 0.2) is 0 Å². The van der Waals surface area contributed by atoms with Crippen LogP contribution in [0.3, 0.4) is 0 Å². The summed E-state index contributed by atoms with van der Waals surface area (Å²) in [4.78, 5) is 27.5. The van der Waals surface area contributed by atoms with Crippen LogP contribution in [0.1, 0.15) is 59.1 Å². The second-order valence-corrected chi connectivity index (χ2v) is 7.22. The van der Waals surface area contributed by atoms with Crippen LogP contribution >= 0.6 is 0 Å². The SMILES string of the molecule is COc1ccccc1[C@@H]1[C@@H](C(=O)[O-])c2ccccc2C(=O)N1C1CCCC1. The predicted molar refractivity (Wildman–Crippen MR) is 98.4 cm³/mol. The summed E-state index contributed by atoms with van der Waals surface area (Å²) >= 11 is 0. The summed E-state index contributed by atoms with van der Waals surface area (Å²) in [6, 6.07) is 13.7. The fourth-order valence-corrected chi connectivity index (χ4v) is 4.63. The van der Waals surface area contributed by atoms with Crippen molar-refractivity contribution in [2.45, 2.75) is 43.7 Å². The van der Waals surface area contributed by atoms with E-state index >= 15 is 0 Å². The molecule has 1 aliphatic heterocycles. The average molecular weight is 364 g/mol. The van der Waals surface area contributed by atoms with Crippen LogP contribution in [0.2, 0.25) is 0 Å². The number of carbonyl (C=O) groups is 2. The van der Waals surface area contributed by atoms with Crippen molar-refractivity contribution in [2.75, 3.05) is 7.11 Å². The molecule has 2 aromatic rings. The molecular weight excluding hydrogens is 342 g/mol. The lowest BCUT2D eigenvalue weighted by Gasteiger charge is -2.46. The van der Waals surface area contributed by atoms with Crippen LogP contribution in [-0.4, -0.2) is 29.9 Å². The van der Waals surface area contributed by atoms with Gasteiger partial charge in [-0.15, -0.1) is 0 Å². The molecule has 2 atom stereocenters. The lowest BCUT2D eigenvalue weighted by molar-refractivity contribution is -0.309. The van der Waals surface area contributed by atoms with Crippen LogP contribution in [0.15, 0.2) is 48.5 Å². The zero-order chi connectivity index (χ0) is 19.0. The van der Waals surface area contributed by atoms with E-state index in [0.717, 1.165) is 25.7 Å². The van der Waals surface area contributed by atoms with Crippen molar-refractivity contribution in [3.63, 3.8) is 0 Å². The molecule has 4 rings (SSSR count). The van der Waals surface area contributed by atoms with Gasteiger partial charge < -0.3 is 19.5 Å². The zero-order valence-electron chi connectivity index (χ0n) is 15.3. The number of benzene rings is 2. The van der Waals surface area contributed by atoms with Gasteiger partial charge in [0.25, 0.3) is 5.91 Å². The van der Waals surface area contributed by atoms with E-state index in [1.165, 1.54) is 0 Å². The third-order valence-corrected chi connectivity index (χ3v) is 5.81. The maximum Gasteiger partial charge on any atom is 0.254 e. The highest BCUT2D eigenvalue weighted by molar-refractivity contribution is 6.00. The fraction of sp³-hybridized carbons (Fsp3) is 0.364. The first-order chi connectivity index (χ1) is 13.1. The number of methoxy groups -OCH3 is 1. The van der Waals surface area contributed by atoms with Crippen molar-refractivity contribution in [1.29, 1.82) is 0 Å². The van der Waals surface area contributed by atoms with Crippen LogP contribution in [-0.2, 0) is 4.79 Å². The summed E-state index contributed by atoms with van der Waals surface area (Å²) in [6.07, 6.45) is 3.87. The number of hydrogen-bond donors (Lipinski definition) is 0. The number of hydrogen-bond acceptors (Lipinski definition) is 4. The van der Waals surface area contributed by atoms with Crippen LogP contribution in [0.25, 0.3) is 0 Å². The van der Waals surface area contributed by atoms with Gasteiger partial charge in [-0.3, -0.25) is 4.79 Å². The highest BCUT2D eigenvalue weighted by atomic mass is 16.5. The summed E-state index contributed by atoms with van der Waals surface area (Å²) in [6.45, 7) is 0. The predicted octanol–water partition coefficient (Wildman–Crippen LogP) is 2.67. The number of para-hydroxylation sites is 1. The molecule has 0 aromatic heterocycles. The molecule has 0 unspecified atom stereocenters. The van der Waals surface area contributed by atoms with E-state index in [0.29, 0.717) is 22.4 Å². The summed E-state index contributed by atoms with van der Waals surface area (Å²) < 4.78 is 5.51. The Balaban J connectivity index is 1.95.